The summed E-state index contributed by atoms with van der Waals surface area (Å²) >= 11 is 0. The average molecular weight is 282 g/mol. The Kier molecular flexibility index (Phi) is 3.93. The summed E-state index contributed by atoms with van der Waals surface area (Å²) in [5.41, 5.74) is -0.127. The number of carbonyl (C=O) groups is 1. The van der Waals surface area contributed by atoms with Crippen LogP contribution in [0, 0.1) is 17.5 Å². The molecule has 0 radical (unpaired) electrons. The maximum atomic E-state index is 13.6. The first-order valence-corrected chi connectivity index (χ1v) is 5.57. The van der Waals surface area contributed by atoms with Gasteiger partial charge in [-0.3, -0.25) is 0 Å². The Morgan fingerprint density at radius 3 is 2.40 bits per heavy atom. The van der Waals surface area contributed by atoms with Gasteiger partial charge in [0.25, 0.3) is 0 Å². The van der Waals surface area contributed by atoms with E-state index in [0.717, 1.165) is 18.2 Å². The van der Waals surface area contributed by atoms with Gasteiger partial charge in [0.15, 0.2) is 11.6 Å². The fourth-order valence-corrected chi connectivity index (χ4v) is 1.55. The van der Waals surface area contributed by atoms with E-state index in [1.807, 2.05) is 0 Å². The zero-order chi connectivity index (χ0) is 14.7. The highest BCUT2D eigenvalue weighted by Gasteiger charge is 2.10. The fourth-order valence-electron chi connectivity index (χ4n) is 1.55. The summed E-state index contributed by atoms with van der Waals surface area (Å²) < 4.78 is 44.6. The second-order valence-corrected chi connectivity index (χ2v) is 3.97. The van der Waals surface area contributed by atoms with E-state index in [2.05, 4.69) is 0 Å². The maximum absolute atomic E-state index is 13.6. The van der Waals surface area contributed by atoms with E-state index in [1.54, 1.807) is 0 Å². The van der Waals surface area contributed by atoms with Crippen molar-refractivity contribution in [3.8, 4) is 5.75 Å². The van der Waals surface area contributed by atoms with Gasteiger partial charge in [-0.1, -0.05) is 6.07 Å². The van der Waals surface area contributed by atoms with Gasteiger partial charge in [-0.25, -0.2) is 18.0 Å². The second-order valence-electron chi connectivity index (χ2n) is 3.97. The van der Waals surface area contributed by atoms with E-state index in [-0.39, 0.29) is 23.5 Å². The molecule has 0 aliphatic heterocycles. The van der Waals surface area contributed by atoms with Crippen LogP contribution in [0.1, 0.15) is 15.9 Å². The van der Waals surface area contributed by atoms with Gasteiger partial charge in [-0.2, -0.15) is 0 Å². The number of hydrogen-bond acceptors (Lipinski definition) is 2. The first kappa shape index (κ1) is 13.9. The van der Waals surface area contributed by atoms with Crippen molar-refractivity contribution in [1.29, 1.82) is 0 Å². The van der Waals surface area contributed by atoms with Crippen molar-refractivity contribution < 1.29 is 27.8 Å². The van der Waals surface area contributed by atoms with E-state index in [0.29, 0.717) is 6.07 Å². The standard InChI is InChI=1S/C14H9F3O3/c15-10-3-4-13(12(17)6-10)20-7-9-2-1-8(14(18)19)5-11(9)16/h1-6H,7H2,(H,18,19). The molecule has 0 aliphatic carbocycles. The number of aromatic carboxylic acids is 1. The third-order valence-corrected chi connectivity index (χ3v) is 2.58. The molecule has 0 bridgehead atoms. The van der Waals surface area contributed by atoms with Crippen LogP contribution in [0.5, 0.6) is 5.75 Å². The van der Waals surface area contributed by atoms with Crippen molar-refractivity contribution in [3.05, 3.63) is 65.0 Å². The summed E-state index contributed by atoms with van der Waals surface area (Å²) in [6.07, 6.45) is 0. The number of hydrogen-bond donors (Lipinski definition) is 1. The fraction of sp³-hybridized carbons (Fsp3) is 0.0714. The number of benzene rings is 2. The molecule has 0 fully saturated rings. The lowest BCUT2D eigenvalue weighted by atomic mass is 10.1. The topological polar surface area (TPSA) is 46.5 Å². The first-order valence-electron chi connectivity index (χ1n) is 5.57. The highest BCUT2D eigenvalue weighted by atomic mass is 19.1. The van der Waals surface area contributed by atoms with E-state index >= 15 is 0 Å². The Hall–Kier alpha value is -2.50. The number of ether oxygens (including phenoxy) is 1. The van der Waals surface area contributed by atoms with E-state index in [1.165, 1.54) is 12.1 Å². The van der Waals surface area contributed by atoms with Crippen LogP contribution in [0.25, 0.3) is 0 Å². The molecular formula is C14H9F3O3. The Labute approximate surface area is 112 Å². The molecule has 0 amide bonds. The zero-order valence-corrected chi connectivity index (χ0v) is 10.1. The summed E-state index contributed by atoms with van der Waals surface area (Å²) in [6, 6.07) is 6.06. The third kappa shape index (κ3) is 3.09. The van der Waals surface area contributed by atoms with Crippen LogP contribution in [0.4, 0.5) is 13.2 Å². The Balaban J connectivity index is 2.13. The van der Waals surface area contributed by atoms with E-state index in [4.69, 9.17) is 9.84 Å². The van der Waals surface area contributed by atoms with Crippen molar-refractivity contribution in [3.63, 3.8) is 0 Å². The summed E-state index contributed by atoms with van der Waals surface area (Å²) in [7, 11) is 0. The van der Waals surface area contributed by atoms with Crippen molar-refractivity contribution in [1.82, 2.24) is 0 Å². The monoisotopic (exact) mass is 282 g/mol. The average Bonchev–Trinajstić information content (AvgIpc) is 2.38. The number of rotatable bonds is 4. The predicted molar refractivity (Wildman–Crippen MR) is 64.0 cm³/mol. The summed E-state index contributed by atoms with van der Waals surface area (Å²) in [5.74, 6) is -3.87. The first-order chi connectivity index (χ1) is 9.47. The summed E-state index contributed by atoms with van der Waals surface area (Å²) in [6.45, 7) is -0.297. The van der Waals surface area contributed by atoms with Crippen LogP contribution in [0.3, 0.4) is 0 Å². The molecule has 2 rings (SSSR count). The Bertz CT molecular complexity index is 656. The van der Waals surface area contributed by atoms with Gasteiger partial charge < -0.3 is 9.84 Å². The van der Waals surface area contributed by atoms with Gasteiger partial charge >= 0.3 is 5.97 Å². The van der Waals surface area contributed by atoms with Crippen molar-refractivity contribution in [2.24, 2.45) is 0 Å². The molecule has 0 heterocycles. The van der Waals surface area contributed by atoms with Gasteiger partial charge in [0.1, 0.15) is 18.2 Å². The molecule has 2 aromatic rings. The molecule has 0 aliphatic rings. The minimum atomic E-state index is -1.25. The molecule has 0 spiro atoms. The largest absolute Gasteiger partial charge is 0.486 e. The lowest BCUT2D eigenvalue weighted by molar-refractivity contribution is 0.0696. The molecular weight excluding hydrogens is 273 g/mol. The van der Waals surface area contributed by atoms with E-state index < -0.39 is 23.4 Å². The minimum Gasteiger partial charge on any atom is -0.486 e. The third-order valence-electron chi connectivity index (χ3n) is 2.58. The van der Waals surface area contributed by atoms with Crippen molar-refractivity contribution in [2.45, 2.75) is 6.61 Å². The minimum absolute atomic E-state index is 0.0683. The number of carboxylic acid groups (broad SMARTS) is 1. The van der Waals surface area contributed by atoms with Gasteiger partial charge in [-0.15, -0.1) is 0 Å². The van der Waals surface area contributed by atoms with Gasteiger partial charge in [0.05, 0.1) is 5.56 Å². The molecule has 0 atom stereocenters. The molecule has 6 heteroatoms. The Morgan fingerprint density at radius 1 is 1.05 bits per heavy atom. The van der Waals surface area contributed by atoms with Crippen LogP contribution in [0.15, 0.2) is 36.4 Å². The van der Waals surface area contributed by atoms with Crippen LogP contribution in [0.2, 0.25) is 0 Å². The normalized spacial score (nSPS) is 10.3. The van der Waals surface area contributed by atoms with Crippen LogP contribution in [-0.2, 0) is 6.61 Å². The molecule has 0 unspecified atom stereocenters. The lowest BCUT2D eigenvalue weighted by Crippen LogP contribution is -2.03. The maximum Gasteiger partial charge on any atom is 0.335 e. The van der Waals surface area contributed by atoms with Crippen molar-refractivity contribution in [2.75, 3.05) is 0 Å². The summed E-state index contributed by atoms with van der Waals surface area (Å²) in [5, 5.41) is 8.69. The molecule has 104 valence electrons. The summed E-state index contributed by atoms with van der Waals surface area (Å²) in [4.78, 5) is 10.6. The zero-order valence-electron chi connectivity index (χ0n) is 10.1. The van der Waals surface area contributed by atoms with Gasteiger partial charge in [0.2, 0.25) is 0 Å². The molecule has 3 nitrogen and oxygen atoms in total. The van der Waals surface area contributed by atoms with Gasteiger partial charge in [-0.05, 0) is 24.3 Å². The van der Waals surface area contributed by atoms with Crippen LogP contribution >= 0.6 is 0 Å². The smallest absolute Gasteiger partial charge is 0.335 e. The Morgan fingerprint density at radius 2 is 1.80 bits per heavy atom. The predicted octanol–water partition coefficient (Wildman–Crippen LogP) is 3.38. The molecule has 0 saturated heterocycles. The number of halogens is 3. The highest BCUT2D eigenvalue weighted by Crippen LogP contribution is 2.20. The molecule has 2 aromatic carbocycles. The van der Waals surface area contributed by atoms with Crippen LogP contribution < -0.4 is 4.74 Å². The van der Waals surface area contributed by atoms with E-state index in [9.17, 15) is 18.0 Å². The molecule has 0 aromatic heterocycles. The van der Waals surface area contributed by atoms with Gasteiger partial charge in [0, 0.05) is 11.6 Å². The van der Waals surface area contributed by atoms with Crippen LogP contribution in [-0.4, -0.2) is 11.1 Å². The molecule has 1 N–H and O–H groups in total. The second kappa shape index (κ2) is 5.64. The van der Waals surface area contributed by atoms with Crippen molar-refractivity contribution >= 4 is 5.97 Å². The number of carboxylic acids is 1. The molecule has 20 heavy (non-hydrogen) atoms. The SMILES string of the molecule is O=C(O)c1ccc(COc2ccc(F)cc2F)c(F)c1. The quantitative estimate of drug-likeness (QED) is 0.935. The molecule has 0 saturated carbocycles. The lowest BCUT2D eigenvalue weighted by Gasteiger charge is -2.08. The highest BCUT2D eigenvalue weighted by molar-refractivity contribution is 5.87.